The number of amides is 2. The number of nitrogens with zero attached hydrogens (tertiary/aromatic N) is 1. The molecule has 1 fully saturated rings. The fourth-order valence-corrected chi connectivity index (χ4v) is 4.32. The first-order valence-electron chi connectivity index (χ1n) is 9.38. The predicted molar refractivity (Wildman–Crippen MR) is 106 cm³/mol. The van der Waals surface area contributed by atoms with Crippen molar-refractivity contribution in [1.82, 2.24) is 15.2 Å². The highest BCUT2D eigenvalue weighted by atomic mass is 32.2. The molecule has 30 heavy (non-hydrogen) atoms. The van der Waals surface area contributed by atoms with Crippen LogP contribution in [0.3, 0.4) is 0 Å². The van der Waals surface area contributed by atoms with Crippen molar-refractivity contribution in [3.8, 4) is 0 Å². The van der Waals surface area contributed by atoms with E-state index in [0.29, 0.717) is 32.7 Å². The van der Waals surface area contributed by atoms with Gasteiger partial charge in [0.25, 0.3) is 5.91 Å². The molecule has 0 aliphatic carbocycles. The molecule has 0 spiro atoms. The van der Waals surface area contributed by atoms with Crippen molar-refractivity contribution in [3.63, 3.8) is 0 Å². The molecule has 0 saturated carbocycles. The number of aryl methyl sites for hydroxylation is 1. The number of sulfonamides is 1. The Bertz CT molecular complexity index is 1010. The van der Waals surface area contributed by atoms with Gasteiger partial charge in [-0.3, -0.25) is 20.4 Å². The molecule has 2 aromatic rings. The topological polar surface area (TPSA) is 105 Å². The van der Waals surface area contributed by atoms with Crippen LogP contribution in [-0.2, 0) is 26.0 Å². The van der Waals surface area contributed by atoms with Crippen LogP contribution in [0.15, 0.2) is 53.4 Å². The molecule has 2 amide bonds. The number of halogens is 1. The average molecular weight is 435 g/mol. The third-order valence-electron chi connectivity index (χ3n) is 4.57. The second-order valence-corrected chi connectivity index (χ2v) is 8.61. The number of rotatable bonds is 6. The summed E-state index contributed by atoms with van der Waals surface area (Å²) in [6.07, 6.45) is 0.443. The zero-order chi connectivity index (χ0) is 21.6. The third-order valence-corrected chi connectivity index (χ3v) is 6.49. The van der Waals surface area contributed by atoms with E-state index in [9.17, 15) is 22.4 Å². The summed E-state index contributed by atoms with van der Waals surface area (Å²) in [4.78, 5) is 24.0. The number of hydrogen-bond acceptors (Lipinski definition) is 5. The monoisotopic (exact) mass is 435 g/mol. The van der Waals surface area contributed by atoms with E-state index in [1.165, 1.54) is 34.6 Å². The Morgan fingerprint density at radius 2 is 1.73 bits per heavy atom. The highest BCUT2D eigenvalue weighted by Gasteiger charge is 2.26. The number of hydrazine groups is 1. The Kier molecular flexibility index (Phi) is 7.14. The van der Waals surface area contributed by atoms with E-state index in [4.69, 9.17) is 4.74 Å². The standard InChI is InChI=1S/C20H22FN3O5S/c21-17-3-1-2-16(14-17)20(26)23-22-19(25)9-6-15-4-7-18(8-5-15)30(27,28)24-10-12-29-13-11-24/h1-5,7-8,14H,6,9-13H2,(H,22,25)(H,23,26). The molecule has 3 rings (SSSR count). The Labute approximate surface area is 174 Å². The van der Waals surface area contributed by atoms with Gasteiger partial charge in [0.15, 0.2) is 0 Å². The molecular weight excluding hydrogens is 413 g/mol. The van der Waals surface area contributed by atoms with Crippen molar-refractivity contribution in [2.24, 2.45) is 0 Å². The molecule has 10 heteroatoms. The second-order valence-electron chi connectivity index (χ2n) is 6.67. The van der Waals surface area contributed by atoms with Gasteiger partial charge in [-0.2, -0.15) is 4.31 Å². The van der Waals surface area contributed by atoms with Gasteiger partial charge in [-0.1, -0.05) is 18.2 Å². The molecule has 0 bridgehead atoms. The molecule has 0 aromatic heterocycles. The maximum atomic E-state index is 13.1. The normalized spacial score (nSPS) is 14.8. The van der Waals surface area contributed by atoms with Crippen molar-refractivity contribution in [3.05, 3.63) is 65.5 Å². The van der Waals surface area contributed by atoms with Crippen LogP contribution in [0, 0.1) is 5.82 Å². The van der Waals surface area contributed by atoms with Crippen molar-refractivity contribution < 1.29 is 27.1 Å². The highest BCUT2D eigenvalue weighted by molar-refractivity contribution is 7.89. The minimum atomic E-state index is -3.56. The number of benzene rings is 2. The minimum Gasteiger partial charge on any atom is -0.379 e. The number of carbonyl (C=O) groups excluding carboxylic acids is 2. The average Bonchev–Trinajstić information content (AvgIpc) is 2.77. The van der Waals surface area contributed by atoms with E-state index in [1.807, 2.05) is 0 Å². The van der Waals surface area contributed by atoms with Gasteiger partial charge in [0.05, 0.1) is 18.1 Å². The van der Waals surface area contributed by atoms with Gasteiger partial charge >= 0.3 is 0 Å². The Hall–Kier alpha value is -2.82. The van der Waals surface area contributed by atoms with Crippen LogP contribution in [-0.4, -0.2) is 50.8 Å². The van der Waals surface area contributed by atoms with Gasteiger partial charge in [0.2, 0.25) is 15.9 Å². The van der Waals surface area contributed by atoms with Crippen LogP contribution in [0.4, 0.5) is 4.39 Å². The van der Waals surface area contributed by atoms with E-state index < -0.39 is 27.7 Å². The van der Waals surface area contributed by atoms with Gasteiger partial charge < -0.3 is 4.74 Å². The van der Waals surface area contributed by atoms with Crippen LogP contribution in [0.5, 0.6) is 0 Å². The summed E-state index contributed by atoms with van der Waals surface area (Å²) in [7, 11) is -3.56. The number of carbonyl (C=O) groups is 2. The van der Waals surface area contributed by atoms with E-state index >= 15 is 0 Å². The Morgan fingerprint density at radius 1 is 1.03 bits per heavy atom. The minimum absolute atomic E-state index is 0.0823. The zero-order valence-corrected chi connectivity index (χ0v) is 17.0. The van der Waals surface area contributed by atoms with Crippen LogP contribution in [0.1, 0.15) is 22.3 Å². The van der Waals surface area contributed by atoms with Crippen LogP contribution in [0.25, 0.3) is 0 Å². The molecule has 1 saturated heterocycles. The lowest BCUT2D eigenvalue weighted by molar-refractivity contribution is -0.121. The molecule has 1 aliphatic rings. The Balaban J connectivity index is 1.48. The van der Waals surface area contributed by atoms with E-state index in [1.54, 1.807) is 12.1 Å². The van der Waals surface area contributed by atoms with Crippen LogP contribution in [0.2, 0.25) is 0 Å². The van der Waals surface area contributed by atoms with Gasteiger partial charge in [-0.15, -0.1) is 0 Å². The summed E-state index contributed by atoms with van der Waals surface area (Å²) in [5.41, 5.74) is 5.37. The summed E-state index contributed by atoms with van der Waals surface area (Å²) < 4.78 is 44.9. The summed E-state index contributed by atoms with van der Waals surface area (Å²) in [6.45, 7) is 1.40. The molecule has 0 radical (unpaired) electrons. The number of ether oxygens (including phenoxy) is 1. The maximum Gasteiger partial charge on any atom is 0.269 e. The molecule has 2 aromatic carbocycles. The van der Waals surface area contributed by atoms with Crippen molar-refractivity contribution in [2.75, 3.05) is 26.3 Å². The second kappa shape index (κ2) is 9.79. The predicted octanol–water partition coefficient (Wildman–Crippen LogP) is 1.24. The molecule has 0 unspecified atom stereocenters. The van der Waals surface area contributed by atoms with Gasteiger partial charge in [-0.05, 0) is 42.3 Å². The quantitative estimate of drug-likeness (QED) is 0.665. The SMILES string of the molecule is O=C(CCc1ccc(S(=O)(=O)N2CCOCC2)cc1)NNC(=O)c1cccc(F)c1. The number of nitrogens with one attached hydrogen (secondary N) is 2. The lowest BCUT2D eigenvalue weighted by Gasteiger charge is -2.26. The molecule has 160 valence electrons. The fourth-order valence-electron chi connectivity index (χ4n) is 2.91. The first-order valence-corrected chi connectivity index (χ1v) is 10.8. The summed E-state index contributed by atoms with van der Waals surface area (Å²) >= 11 is 0. The van der Waals surface area contributed by atoms with E-state index in [2.05, 4.69) is 10.9 Å². The number of morpholine rings is 1. The molecule has 1 aliphatic heterocycles. The molecule has 2 N–H and O–H groups in total. The van der Waals surface area contributed by atoms with Gasteiger partial charge in [0, 0.05) is 25.1 Å². The first-order chi connectivity index (χ1) is 14.4. The van der Waals surface area contributed by atoms with E-state index in [-0.39, 0.29) is 16.9 Å². The van der Waals surface area contributed by atoms with Crippen LogP contribution >= 0.6 is 0 Å². The molecule has 8 nitrogen and oxygen atoms in total. The van der Waals surface area contributed by atoms with E-state index in [0.717, 1.165) is 11.6 Å². The highest BCUT2D eigenvalue weighted by Crippen LogP contribution is 2.18. The fraction of sp³-hybridized carbons (Fsp3) is 0.300. The largest absolute Gasteiger partial charge is 0.379 e. The molecule has 0 atom stereocenters. The van der Waals surface area contributed by atoms with Crippen molar-refractivity contribution >= 4 is 21.8 Å². The lowest BCUT2D eigenvalue weighted by atomic mass is 10.1. The third kappa shape index (κ3) is 5.62. The lowest BCUT2D eigenvalue weighted by Crippen LogP contribution is -2.41. The first kappa shape index (κ1) is 21.9. The summed E-state index contributed by atoms with van der Waals surface area (Å²) in [5.74, 6) is -1.60. The zero-order valence-electron chi connectivity index (χ0n) is 16.1. The number of hydrogen-bond donors (Lipinski definition) is 2. The Morgan fingerprint density at radius 3 is 2.40 bits per heavy atom. The molecule has 1 heterocycles. The smallest absolute Gasteiger partial charge is 0.269 e. The van der Waals surface area contributed by atoms with Crippen molar-refractivity contribution in [2.45, 2.75) is 17.7 Å². The molecular formula is C20H22FN3O5S. The van der Waals surface area contributed by atoms with Gasteiger partial charge in [-0.25, -0.2) is 12.8 Å². The summed E-state index contributed by atoms with van der Waals surface area (Å²) in [5, 5.41) is 0. The maximum absolute atomic E-state index is 13.1. The van der Waals surface area contributed by atoms with Crippen molar-refractivity contribution in [1.29, 1.82) is 0 Å². The van der Waals surface area contributed by atoms with Crippen LogP contribution < -0.4 is 10.9 Å². The van der Waals surface area contributed by atoms with Gasteiger partial charge in [0.1, 0.15) is 5.82 Å². The summed E-state index contributed by atoms with van der Waals surface area (Å²) in [6, 6.07) is 11.5.